The molecule has 1 fully saturated rings. The van der Waals surface area contributed by atoms with Gasteiger partial charge in [-0.15, -0.1) is 5.10 Å². The molecule has 1 aliphatic carbocycles. The van der Waals surface area contributed by atoms with Crippen LogP contribution >= 0.6 is 11.8 Å². The summed E-state index contributed by atoms with van der Waals surface area (Å²) in [6, 6.07) is 0.463. The van der Waals surface area contributed by atoms with Crippen molar-refractivity contribution in [3.63, 3.8) is 0 Å². The molecule has 1 aliphatic rings. The quantitative estimate of drug-likeness (QED) is 0.820. The van der Waals surface area contributed by atoms with E-state index in [1.807, 2.05) is 11.6 Å². The highest BCUT2D eigenvalue weighted by molar-refractivity contribution is 7.98. The molecular weight excluding hydrogens is 286 g/mol. The normalized spacial score (nSPS) is 15.5. The van der Waals surface area contributed by atoms with E-state index < -0.39 is 0 Å². The average molecular weight is 305 g/mol. The van der Waals surface area contributed by atoms with Crippen molar-refractivity contribution < 1.29 is 0 Å². The minimum absolute atomic E-state index is 0.463. The van der Waals surface area contributed by atoms with Crippen molar-refractivity contribution in [2.45, 2.75) is 49.6 Å². The molecule has 0 radical (unpaired) electrons. The second-order valence-corrected chi connectivity index (χ2v) is 6.00. The zero-order valence-electron chi connectivity index (χ0n) is 12.1. The van der Waals surface area contributed by atoms with Gasteiger partial charge in [-0.25, -0.2) is 9.67 Å². The zero-order valence-corrected chi connectivity index (χ0v) is 12.9. The van der Waals surface area contributed by atoms with Crippen LogP contribution in [0.25, 0.3) is 0 Å². The molecule has 1 saturated carbocycles. The van der Waals surface area contributed by atoms with Gasteiger partial charge in [0.2, 0.25) is 5.16 Å². The molecule has 2 aromatic heterocycles. The van der Waals surface area contributed by atoms with Crippen molar-refractivity contribution in [1.82, 2.24) is 30.2 Å². The first kappa shape index (κ1) is 14.2. The summed E-state index contributed by atoms with van der Waals surface area (Å²) in [5, 5.41) is 16.1. The highest BCUT2D eigenvalue weighted by atomic mass is 32.2. The fourth-order valence-corrected chi connectivity index (χ4v) is 3.34. The van der Waals surface area contributed by atoms with E-state index in [1.54, 1.807) is 24.2 Å². The molecule has 0 atom stereocenters. The molecular formula is C13H19N7S. The van der Waals surface area contributed by atoms with Gasteiger partial charge in [-0.05, 0) is 30.2 Å². The Morgan fingerprint density at radius 1 is 1.29 bits per heavy atom. The molecule has 2 aromatic rings. The van der Waals surface area contributed by atoms with Crippen LogP contribution in [0.5, 0.6) is 0 Å². The van der Waals surface area contributed by atoms with Gasteiger partial charge in [0.25, 0.3) is 0 Å². The van der Waals surface area contributed by atoms with Gasteiger partial charge in [0.05, 0.1) is 24.1 Å². The van der Waals surface area contributed by atoms with Crippen molar-refractivity contribution in [1.29, 1.82) is 0 Å². The summed E-state index contributed by atoms with van der Waals surface area (Å²) in [6.45, 7) is 2.88. The van der Waals surface area contributed by atoms with Crippen LogP contribution < -0.4 is 5.32 Å². The van der Waals surface area contributed by atoms with Crippen molar-refractivity contribution >= 4 is 17.6 Å². The maximum absolute atomic E-state index is 4.40. The van der Waals surface area contributed by atoms with Gasteiger partial charge in [0.1, 0.15) is 5.82 Å². The lowest BCUT2D eigenvalue weighted by Gasteiger charge is -2.10. The van der Waals surface area contributed by atoms with E-state index in [0.717, 1.165) is 29.0 Å². The molecule has 3 rings (SSSR count). The molecule has 1 N–H and O–H groups in total. The predicted octanol–water partition coefficient (Wildman–Crippen LogP) is 2.30. The molecule has 2 heterocycles. The van der Waals surface area contributed by atoms with Gasteiger partial charge in [-0.1, -0.05) is 24.6 Å². The van der Waals surface area contributed by atoms with Crippen LogP contribution in [0, 0.1) is 0 Å². The summed E-state index contributed by atoms with van der Waals surface area (Å²) in [6.07, 6.45) is 8.46. The lowest BCUT2D eigenvalue weighted by atomic mass is 10.3. The SMILES string of the molecule is CCNc1cnc(CSc2nnnn2C2CCCC2)cn1. The molecule has 21 heavy (non-hydrogen) atoms. The van der Waals surface area contributed by atoms with Crippen molar-refractivity contribution in [3.05, 3.63) is 18.1 Å². The number of anilines is 1. The topological polar surface area (TPSA) is 81.4 Å². The molecule has 0 amide bonds. The monoisotopic (exact) mass is 305 g/mol. The predicted molar refractivity (Wildman–Crippen MR) is 81.1 cm³/mol. The molecule has 7 nitrogen and oxygen atoms in total. The highest BCUT2D eigenvalue weighted by Gasteiger charge is 2.21. The first-order chi connectivity index (χ1) is 10.4. The van der Waals surface area contributed by atoms with Gasteiger partial charge < -0.3 is 5.32 Å². The lowest BCUT2D eigenvalue weighted by molar-refractivity contribution is 0.423. The largest absolute Gasteiger partial charge is 0.369 e. The number of hydrogen-bond acceptors (Lipinski definition) is 7. The minimum Gasteiger partial charge on any atom is -0.369 e. The van der Waals surface area contributed by atoms with Gasteiger partial charge >= 0.3 is 0 Å². The molecule has 0 aromatic carbocycles. The average Bonchev–Trinajstić information content (AvgIpc) is 3.18. The number of nitrogens with zero attached hydrogens (tertiary/aromatic N) is 6. The Hall–Kier alpha value is -1.70. The number of rotatable bonds is 6. The smallest absolute Gasteiger partial charge is 0.209 e. The van der Waals surface area contributed by atoms with Crippen molar-refractivity contribution in [3.8, 4) is 0 Å². The van der Waals surface area contributed by atoms with Crippen LogP contribution in [0.2, 0.25) is 0 Å². The molecule has 0 bridgehead atoms. The standard InChI is InChI=1S/C13H19N7S/c1-2-14-12-8-15-10(7-16-12)9-21-13-17-18-19-20(13)11-5-3-4-6-11/h7-8,11H,2-6,9H2,1H3,(H,14,16). The summed E-state index contributed by atoms with van der Waals surface area (Å²) in [7, 11) is 0. The number of tetrazole rings is 1. The Bertz CT molecular complexity index is 562. The number of thioether (sulfide) groups is 1. The Labute approximate surface area is 127 Å². The molecule has 112 valence electrons. The van der Waals surface area contributed by atoms with Gasteiger partial charge in [-0.3, -0.25) is 4.98 Å². The Balaban J connectivity index is 1.61. The molecule has 0 unspecified atom stereocenters. The van der Waals surface area contributed by atoms with E-state index in [0.29, 0.717) is 6.04 Å². The van der Waals surface area contributed by atoms with Crippen LogP contribution in [0.15, 0.2) is 17.6 Å². The second-order valence-electron chi connectivity index (χ2n) is 5.06. The fourth-order valence-electron chi connectivity index (χ4n) is 2.50. The van der Waals surface area contributed by atoms with E-state index in [4.69, 9.17) is 0 Å². The summed E-state index contributed by atoms with van der Waals surface area (Å²) in [4.78, 5) is 8.72. The van der Waals surface area contributed by atoms with E-state index in [-0.39, 0.29) is 0 Å². The van der Waals surface area contributed by atoms with Crippen LogP contribution in [0.1, 0.15) is 44.3 Å². The van der Waals surface area contributed by atoms with Crippen LogP contribution in [0.3, 0.4) is 0 Å². The van der Waals surface area contributed by atoms with Gasteiger partial charge in [-0.2, -0.15) is 0 Å². The van der Waals surface area contributed by atoms with Gasteiger partial charge in [0.15, 0.2) is 0 Å². The third-order valence-corrected chi connectivity index (χ3v) is 4.51. The second kappa shape index (κ2) is 6.84. The maximum Gasteiger partial charge on any atom is 0.209 e. The molecule has 0 saturated heterocycles. The zero-order chi connectivity index (χ0) is 14.5. The molecule has 0 spiro atoms. The van der Waals surface area contributed by atoms with Gasteiger partial charge in [0, 0.05) is 12.3 Å². The van der Waals surface area contributed by atoms with Crippen LogP contribution in [-0.2, 0) is 5.75 Å². The minimum atomic E-state index is 0.463. The third-order valence-electron chi connectivity index (χ3n) is 3.55. The maximum atomic E-state index is 4.40. The first-order valence-electron chi connectivity index (χ1n) is 7.32. The Morgan fingerprint density at radius 3 is 2.86 bits per heavy atom. The third kappa shape index (κ3) is 3.49. The van der Waals surface area contributed by atoms with E-state index in [1.165, 1.54) is 25.7 Å². The number of aromatic nitrogens is 6. The Morgan fingerprint density at radius 2 is 2.14 bits per heavy atom. The van der Waals surface area contributed by atoms with Crippen molar-refractivity contribution in [2.24, 2.45) is 0 Å². The van der Waals surface area contributed by atoms with Crippen LogP contribution in [0.4, 0.5) is 5.82 Å². The Kier molecular flexibility index (Phi) is 4.64. The number of hydrogen-bond donors (Lipinski definition) is 1. The summed E-state index contributed by atoms with van der Waals surface area (Å²) < 4.78 is 1.97. The summed E-state index contributed by atoms with van der Waals surface area (Å²) in [5.74, 6) is 1.54. The summed E-state index contributed by atoms with van der Waals surface area (Å²) in [5.41, 5.74) is 0.933. The first-order valence-corrected chi connectivity index (χ1v) is 8.31. The molecule has 0 aliphatic heterocycles. The number of nitrogens with one attached hydrogen (secondary N) is 1. The fraction of sp³-hybridized carbons (Fsp3) is 0.615. The lowest BCUT2D eigenvalue weighted by Crippen LogP contribution is -2.08. The van der Waals surface area contributed by atoms with E-state index in [2.05, 4.69) is 30.8 Å². The summed E-state index contributed by atoms with van der Waals surface area (Å²) >= 11 is 1.62. The van der Waals surface area contributed by atoms with E-state index >= 15 is 0 Å². The highest BCUT2D eigenvalue weighted by Crippen LogP contribution is 2.31. The molecule has 8 heteroatoms. The van der Waals surface area contributed by atoms with Crippen molar-refractivity contribution in [2.75, 3.05) is 11.9 Å². The van der Waals surface area contributed by atoms with E-state index in [9.17, 15) is 0 Å². The van der Waals surface area contributed by atoms with Crippen LogP contribution in [-0.4, -0.2) is 36.7 Å².